The third kappa shape index (κ3) is 3.94. The third-order valence-electron chi connectivity index (χ3n) is 5.06. The Balaban J connectivity index is 1.73. The van der Waals surface area contributed by atoms with Crippen molar-refractivity contribution in [1.82, 2.24) is 14.4 Å². The van der Waals surface area contributed by atoms with Crippen molar-refractivity contribution in [2.24, 2.45) is 0 Å². The number of rotatable bonds is 5. The van der Waals surface area contributed by atoms with Crippen LogP contribution in [0.5, 0.6) is 0 Å². The van der Waals surface area contributed by atoms with E-state index in [2.05, 4.69) is 28.5 Å². The van der Waals surface area contributed by atoms with Crippen LogP contribution < -0.4 is 0 Å². The molecule has 134 valence electrons. The molecule has 0 radical (unpaired) electrons. The van der Waals surface area contributed by atoms with Crippen LogP contribution in [-0.4, -0.2) is 64.7 Å². The van der Waals surface area contributed by atoms with Crippen LogP contribution in [0.25, 0.3) is 0 Å². The first kappa shape index (κ1) is 17.7. The molecule has 1 amide bonds. The quantitative estimate of drug-likeness (QED) is 0.904. The van der Waals surface area contributed by atoms with Gasteiger partial charge in [-0.25, -0.2) is 0 Å². The summed E-state index contributed by atoms with van der Waals surface area (Å²) in [5.74, 6) is 0.121. The van der Waals surface area contributed by atoms with Crippen molar-refractivity contribution >= 4 is 5.91 Å². The van der Waals surface area contributed by atoms with E-state index in [0.29, 0.717) is 6.54 Å². The van der Waals surface area contributed by atoms with Gasteiger partial charge in [-0.3, -0.25) is 9.69 Å². The van der Waals surface area contributed by atoms with E-state index in [0.717, 1.165) is 49.7 Å². The number of carbonyl (C=O) groups is 1. The lowest BCUT2D eigenvalue weighted by Gasteiger charge is -2.34. The summed E-state index contributed by atoms with van der Waals surface area (Å²) in [5.41, 5.74) is 4.19. The molecule has 5 nitrogen and oxygen atoms in total. The molecule has 0 spiro atoms. The van der Waals surface area contributed by atoms with Gasteiger partial charge in [0.1, 0.15) is 0 Å². The predicted molar refractivity (Wildman–Crippen MR) is 98.9 cm³/mol. The SMILES string of the molecule is Cc1cc(C(=O)N2CCN(CCO)CC2)c(C)n1Cc1ccccc1. The maximum Gasteiger partial charge on any atom is 0.255 e. The Hall–Kier alpha value is -2.11. The summed E-state index contributed by atoms with van der Waals surface area (Å²) in [4.78, 5) is 17.1. The van der Waals surface area contributed by atoms with Gasteiger partial charge in [-0.1, -0.05) is 30.3 Å². The number of aliphatic hydroxyl groups excluding tert-OH is 1. The topological polar surface area (TPSA) is 48.7 Å². The van der Waals surface area contributed by atoms with Crippen molar-refractivity contribution in [3.05, 3.63) is 58.9 Å². The van der Waals surface area contributed by atoms with Crippen molar-refractivity contribution in [2.45, 2.75) is 20.4 Å². The molecular weight excluding hydrogens is 314 g/mol. The van der Waals surface area contributed by atoms with Crippen LogP contribution >= 0.6 is 0 Å². The second-order valence-corrected chi connectivity index (χ2v) is 6.71. The van der Waals surface area contributed by atoms with Crippen LogP contribution in [0.2, 0.25) is 0 Å². The molecule has 1 saturated heterocycles. The Labute approximate surface area is 149 Å². The van der Waals surface area contributed by atoms with E-state index in [4.69, 9.17) is 5.11 Å². The summed E-state index contributed by atoms with van der Waals surface area (Å²) >= 11 is 0. The van der Waals surface area contributed by atoms with E-state index in [-0.39, 0.29) is 12.5 Å². The fourth-order valence-corrected chi connectivity index (χ4v) is 3.51. The van der Waals surface area contributed by atoms with E-state index in [1.807, 2.05) is 36.1 Å². The molecule has 0 saturated carbocycles. The minimum atomic E-state index is 0.121. The number of aromatic nitrogens is 1. The Kier molecular flexibility index (Phi) is 5.56. The summed E-state index contributed by atoms with van der Waals surface area (Å²) in [6.07, 6.45) is 0. The molecule has 0 bridgehead atoms. The Bertz CT molecular complexity index is 716. The first-order valence-corrected chi connectivity index (χ1v) is 8.93. The number of amides is 1. The van der Waals surface area contributed by atoms with Crippen LogP contribution in [0.15, 0.2) is 36.4 Å². The lowest BCUT2D eigenvalue weighted by molar-refractivity contribution is 0.0614. The zero-order chi connectivity index (χ0) is 17.8. The molecule has 1 aliphatic rings. The van der Waals surface area contributed by atoms with Crippen molar-refractivity contribution in [3.63, 3.8) is 0 Å². The van der Waals surface area contributed by atoms with E-state index >= 15 is 0 Å². The number of benzene rings is 1. The summed E-state index contributed by atoms with van der Waals surface area (Å²) in [5, 5.41) is 9.04. The molecule has 1 aliphatic heterocycles. The van der Waals surface area contributed by atoms with Crippen LogP contribution in [0.4, 0.5) is 0 Å². The van der Waals surface area contributed by atoms with Gasteiger partial charge in [0.25, 0.3) is 5.91 Å². The molecular formula is C20H27N3O2. The second-order valence-electron chi connectivity index (χ2n) is 6.71. The Morgan fingerprint density at radius 2 is 1.76 bits per heavy atom. The van der Waals surface area contributed by atoms with Crippen molar-refractivity contribution in [1.29, 1.82) is 0 Å². The van der Waals surface area contributed by atoms with Crippen LogP contribution in [-0.2, 0) is 6.54 Å². The number of hydrogen-bond donors (Lipinski definition) is 1. The van der Waals surface area contributed by atoms with Gasteiger partial charge in [-0.2, -0.15) is 0 Å². The van der Waals surface area contributed by atoms with Gasteiger partial charge in [0.15, 0.2) is 0 Å². The smallest absolute Gasteiger partial charge is 0.255 e. The lowest BCUT2D eigenvalue weighted by Crippen LogP contribution is -2.49. The van der Waals surface area contributed by atoms with E-state index < -0.39 is 0 Å². The van der Waals surface area contributed by atoms with Gasteiger partial charge in [-0.15, -0.1) is 0 Å². The number of carbonyl (C=O) groups excluding carboxylic acids is 1. The van der Waals surface area contributed by atoms with Gasteiger partial charge < -0.3 is 14.6 Å². The lowest BCUT2D eigenvalue weighted by atomic mass is 10.2. The highest BCUT2D eigenvalue weighted by Gasteiger charge is 2.24. The van der Waals surface area contributed by atoms with Crippen LogP contribution in [0.3, 0.4) is 0 Å². The van der Waals surface area contributed by atoms with Crippen molar-refractivity contribution in [2.75, 3.05) is 39.3 Å². The van der Waals surface area contributed by atoms with Gasteiger partial charge in [-0.05, 0) is 25.5 Å². The standard InChI is InChI=1S/C20H27N3O2/c1-16-14-19(17(2)23(16)15-18-6-4-3-5-7-18)20(25)22-10-8-21(9-11-22)12-13-24/h3-7,14,24H,8-13,15H2,1-2H3. The maximum atomic E-state index is 12.9. The Morgan fingerprint density at radius 1 is 1.08 bits per heavy atom. The molecule has 1 aromatic carbocycles. The molecule has 2 heterocycles. The molecule has 0 aliphatic carbocycles. The van der Waals surface area contributed by atoms with E-state index in [1.165, 1.54) is 5.56 Å². The van der Waals surface area contributed by atoms with Gasteiger partial charge >= 0.3 is 0 Å². The number of aryl methyl sites for hydroxylation is 1. The summed E-state index contributed by atoms with van der Waals surface area (Å²) in [7, 11) is 0. The highest BCUT2D eigenvalue weighted by atomic mass is 16.3. The summed E-state index contributed by atoms with van der Waals surface area (Å²) < 4.78 is 2.21. The zero-order valence-electron chi connectivity index (χ0n) is 15.1. The highest BCUT2D eigenvalue weighted by molar-refractivity contribution is 5.95. The third-order valence-corrected chi connectivity index (χ3v) is 5.06. The van der Waals surface area contributed by atoms with E-state index in [9.17, 15) is 4.79 Å². The average Bonchev–Trinajstić information content (AvgIpc) is 2.91. The number of β-amino-alcohol motifs (C(OH)–C–C–N with tert-alkyl or cyclic N) is 1. The summed E-state index contributed by atoms with van der Waals surface area (Å²) in [6.45, 7) is 8.85. The van der Waals surface area contributed by atoms with Crippen LogP contribution in [0.1, 0.15) is 27.3 Å². The average molecular weight is 341 g/mol. The highest BCUT2D eigenvalue weighted by Crippen LogP contribution is 2.19. The Morgan fingerprint density at radius 3 is 2.40 bits per heavy atom. The van der Waals surface area contributed by atoms with Gasteiger partial charge in [0.2, 0.25) is 0 Å². The largest absolute Gasteiger partial charge is 0.395 e. The second kappa shape index (κ2) is 7.85. The zero-order valence-corrected chi connectivity index (χ0v) is 15.1. The molecule has 0 atom stereocenters. The van der Waals surface area contributed by atoms with Crippen LogP contribution in [0, 0.1) is 13.8 Å². The maximum absolute atomic E-state index is 12.9. The summed E-state index contributed by atoms with van der Waals surface area (Å²) in [6, 6.07) is 12.3. The minimum absolute atomic E-state index is 0.121. The first-order valence-electron chi connectivity index (χ1n) is 8.93. The van der Waals surface area contributed by atoms with Gasteiger partial charge in [0.05, 0.1) is 12.2 Å². The number of aliphatic hydroxyl groups is 1. The number of piperazine rings is 1. The normalized spacial score (nSPS) is 15.6. The van der Waals surface area contributed by atoms with Crippen molar-refractivity contribution in [3.8, 4) is 0 Å². The fraction of sp³-hybridized carbons (Fsp3) is 0.450. The molecule has 1 fully saturated rings. The van der Waals surface area contributed by atoms with Crippen molar-refractivity contribution < 1.29 is 9.90 Å². The first-order chi connectivity index (χ1) is 12.1. The fourth-order valence-electron chi connectivity index (χ4n) is 3.51. The molecule has 2 aromatic rings. The monoisotopic (exact) mass is 341 g/mol. The van der Waals surface area contributed by atoms with E-state index in [1.54, 1.807) is 0 Å². The predicted octanol–water partition coefficient (Wildman–Crippen LogP) is 1.90. The van der Waals surface area contributed by atoms with Gasteiger partial charge in [0, 0.05) is 50.7 Å². The molecule has 3 rings (SSSR count). The molecule has 0 unspecified atom stereocenters. The molecule has 1 N–H and O–H groups in total. The molecule has 25 heavy (non-hydrogen) atoms. The molecule has 1 aromatic heterocycles. The number of nitrogens with zero attached hydrogens (tertiary/aromatic N) is 3. The molecule has 5 heteroatoms. The minimum Gasteiger partial charge on any atom is -0.395 e. The number of hydrogen-bond acceptors (Lipinski definition) is 3.